The third kappa shape index (κ3) is 2.39. The molecule has 0 bridgehead atoms. The Kier molecular flexibility index (Phi) is 3.90. The lowest BCUT2D eigenvalue weighted by Crippen LogP contribution is -2.81. The van der Waals surface area contributed by atoms with E-state index in [2.05, 4.69) is 16.0 Å². The van der Waals surface area contributed by atoms with Crippen molar-refractivity contribution in [1.82, 2.24) is 30.7 Å². The first-order valence-corrected chi connectivity index (χ1v) is 9.96. The number of rotatable bonds is 3. The highest BCUT2D eigenvalue weighted by atomic mass is 16.5. The van der Waals surface area contributed by atoms with E-state index in [0.29, 0.717) is 0 Å². The summed E-state index contributed by atoms with van der Waals surface area (Å²) in [5.74, 6) is -5.07. The molecule has 3 unspecified atom stereocenters. The van der Waals surface area contributed by atoms with Crippen LogP contribution in [0.4, 0.5) is 0 Å². The molecule has 5 fully saturated rings. The van der Waals surface area contributed by atoms with E-state index >= 15 is 0 Å². The van der Waals surface area contributed by atoms with Crippen molar-refractivity contribution in [3.05, 3.63) is 0 Å². The van der Waals surface area contributed by atoms with Crippen molar-refractivity contribution in [2.45, 2.75) is 55.3 Å². The van der Waals surface area contributed by atoms with Crippen molar-refractivity contribution < 1.29 is 29.4 Å². The van der Waals surface area contributed by atoms with Gasteiger partial charge in [-0.1, -0.05) is 0 Å². The van der Waals surface area contributed by atoms with Gasteiger partial charge in [-0.25, -0.2) is 0 Å². The topological polar surface area (TPSA) is 202 Å². The average Bonchev–Trinajstić information content (AvgIpc) is 3.38. The Hall–Kier alpha value is -3.26. The van der Waals surface area contributed by atoms with Crippen LogP contribution in [-0.4, -0.2) is 103 Å². The minimum atomic E-state index is -2.74. The molecular formula is C17H22N8O6. The molecule has 5 heterocycles. The number of guanidine groups is 2. The molecule has 5 aliphatic heterocycles. The second-order valence-electron chi connectivity index (χ2n) is 8.40. The third-order valence-electron chi connectivity index (χ3n) is 6.80. The molecule has 0 saturated carbocycles. The summed E-state index contributed by atoms with van der Waals surface area (Å²) in [6.45, 7) is -0.395. The van der Waals surface area contributed by atoms with Crippen molar-refractivity contribution >= 4 is 35.5 Å². The normalized spacial score (nSPS) is 36.6. The number of nitrogens with zero attached hydrogens (tertiary/aromatic N) is 3. The molecule has 4 amide bonds. The van der Waals surface area contributed by atoms with Gasteiger partial charge in [-0.15, -0.1) is 0 Å². The number of imide groups is 2. The number of hydrogen-bond acceptors (Lipinski definition) is 8. The van der Waals surface area contributed by atoms with Crippen molar-refractivity contribution in [2.24, 2.45) is 0 Å². The van der Waals surface area contributed by atoms with E-state index in [1.165, 1.54) is 4.90 Å². The quantitative estimate of drug-likeness (QED) is 0.168. The zero-order chi connectivity index (χ0) is 22.3. The van der Waals surface area contributed by atoms with Crippen LogP contribution in [0.3, 0.4) is 0 Å². The van der Waals surface area contributed by atoms with Gasteiger partial charge in [0.15, 0.2) is 17.6 Å². The molecule has 0 radical (unpaired) electrons. The maximum absolute atomic E-state index is 12.3. The van der Waals surface area contributed by atoms with Crippen molar-refractivity contribution in [3.8, 4) is 0 Å². The molecule has 166 valence electrons. The first-order chi connectivity index (χ1) is 14.6. The predicted molar refractivity (Wildman–Crippen MR) is 99.9 cm³/mol. The monoisotopic (exact) mass is 434 g/mol. The van der Waals surface area contributed by atoms with Crippen LogP contribution in [0.25, 0.3) is 0 Å². The van der Waals surface area contributed by atoms with Crippen LogP contribution in [0.5, 0.6) is 0 Å². The van der Waals surface area contributed by atoms with Gasteiger partial charge >= 0.3 is 0 Å². The van der Waals surface area contributed by atoms with Gasteiger partial charge in [-0.3, -0.25) is 39.8 Å². The summed E-state index contributed by atoms with van der Waals surface area (Å²) in [7, 11) is 0. The Morgan fingerprint density at radius 2 is 1.52 bits per heavy atom. The lowest BCUT2D eigenvalue weighted by Gasteiger charge is -2.51. The summed E-state index contributed by atoms with van der Waals surface area (Å²) < 4.78 is 0. The Morgan fingerprint density at radius 3 is 2.13 bits per heavy atom. The van der Waals surface area contributed by atoms with Crippen molar-refractivity contribution in [2.75, 3.05) is 13.1 Å². The smallest absolute Gasteiger partial charge is 0.231 e. The molecular weight excluding hydrogens is 412 g/mol. The second-order valence-corrected chi connectivity index (χ2v) is 8.40. The summed E-state index contributed by atoms with van der Waals surface area (Å²) >= 11 is 0. The van der Waals surface area contributed by atoms with Gasteiger partial charge in [-0.2, -0.15) is 0 Å². The molecule has 4 atom stereocenters. The minimum Gasteiger partial charge on any atom is -0.361 e. The Morgan fingerprint density at radius 1 is 0.935 bits per heavy atom. The first-order valence-electron chi connectivity index (χ1n) is 9.96. The van der Waals surface area contributed by atoms with Gasteiger partial charge in [0.25, 0.3) is 0 Å². The largest absolute Gasteiger partial charge is 0.361 e. The molecule has 0 aromatic heterocycles. The number of nitrogens with one attached hydrogen (secondary N) is 5. The maximum atomic E-state index is 12.3. The highest BCUT2D eigenvalue weighted by Crippen LogP contribution is 2.45. The number of hydrogen-bond donors (Lipinski definition) is 7. The molecule has 7 N–H and O–H groups in total. The van der Waals surface area contributed by atoms with Gasteiger partial charge in [0.05, 0.1) is 18.6 Å². The Balaban J connectivity index is 1.54. The van der Waals surface area contributed by atoms with Gasteiger partial charge in [0.2, 0.25) is 29.4 Å². The highest BCUT2D eigenvalue weighted by molar-refractivity contribution is 6.03. The highest BCUT2D eigenvalue weighted by Gasteiger charge is 2.75. The number of amides is 4. The van der Waals surface area contributed by atoms with Crippen molar-refractivity contribution in [1.29, 1.82) is 10.8 Å². The molecule has 0 aliphatic carbocycles. The number of carbonyl (C=O) groups is 4. The zero-order valence-electron chi connectivity index (χ0n) is 16.3. The van der Waals surface area contributed by atoms with E-state index in [1.54, 1.807) is 0 Å². The van der Waals surface area contributed by atoms with E-state index < -0.39 is 41.4 Å². The lowest BCUT2D eigenvalue weighted by atomic mass is 9.84. The SMILES string of the molecule is N=C1NC2C(CN3C(=O)CCC3=O)NC(=N)N3C[C@H](N4C(=O)CCC4=O)C(O)(O)C23N1. The summed E-state index contributed by atoms with van der Waals surface area (Å²) in [5, 5.41) is 47.5. The van der Waals surface area contributed by atoms with E-state index in [4.69, 9.17) is 10.8 Å². The fraction of sp³-hybridized carbons (Fsp3) is 0.647. The van der Waals surface area contributed by atoms with Crippen LogP contribution in [0.15, 0.2) is 0 Å². The maximum Gasteiger partial charge on any atom is 0.231 e. The molecule has 1 spiro atoms. The Bertz CT molecular complexity index is 919. The molecule has 14 nitrogen and oxygen atoms in total. The van der Waals surface area contributed by atoms with Gasteiger partial charge < -0.3 is 31.1 Å². The van der Waals surface area contributed by atoms with E-state index in [9.17, 15) is 29.4 Å². The summed E-state index contributed by atoms with van der Waals surface area (Å²) in [5.41, 5.74) is -1.88. The van der Waals surface area contributed by atoms with E-state index in [1.807, 2.05) is 0 Å². The molecule has 0 aromatic rings. The average molecular weight is 434 g/mol. The molecule has 31 heavy (non-hydrogen) atoms. The van der Waals surface area contributed by atoms with Crippen LogP contribution in [0.1, 0.15) is 25.7 Å². The molecule has 5 saturated heterocycles. The minimum absolute atomic E-state index is 0.0408. The van der Waals surface area contributed by atoms with Gasteiger partial charge in [-0.05, 0) is 0 Å². The summed E-state index contributed by atoms with van der Waals surface area (Å²) in [6, 6.07) is -3.20. The predicted octanol–water partition coefficient (Wildman–Crippen LogP) is -4.25. The van der Waals surface area contributed by atoms with Gasteiger partial charge in [0, 0.05) is 32.2 Å². The van der Waals surface area contributed by atoms with Gasteiger partial charge in [0.1, 0.15) is 6.04 Å². The third-order valence-corrected chi connectivity index (χ3v) is 6.80. The van der Waals surface area contributed by atoms with Crippen LogP contribution < -0.4 is 16.0 Å². The van der Waals surface area contributed by atoms with Crippen LogP contribution >= 0.6 is 0 Å². The Labute approximate surface area is 175 Å². The first kappa shape index (κ1) is 19.7. The fourth-order valence-electron chi connectivity index (χ4n) is 5.39. The van der Waals surface area contributed by atoms with Crippen LogP contribution in [0.2, 0.25) is 0 Å². The lowest BCUT2D eigenvalue weighted by molar-refractivity contribution is -0.244. The number of likely N-dealkylation sites (tertiary alicyclic amines) is 2. The number of aliphatic hydroxyl groups is 2. The molecule has 0 aromatic carbocycles. The molecule has 14 heteroatoms. The number of carbonyl (C=O) groups excluding carboxylic acids is 4. The van der Waals surface area contributed by atoms with Crippen LogP contribution in [-0.2, 0) is 19.2 Å². The van der Waals surface area contributed by atoms with E-state index in [-0.39, 0.29) is 62.5 Å². The summed E-state index contributed by atoms with van der Waals surface area (Å²) in [6.07, 6.45) is 0.0803. The van der Waals surface area contributed by atoms with Crippen molar-refractivity contribution in [3.63, 3.8) is 0 Å². The second kappa shape index (κ2) is 6.13. The summed E-state index contributed by atoms with van der Waals surface area (Å²) in [4.78, 5) is 51.9. The fourth-order valence-corrected chi connectivity index (χ4v) is 5.39. The molecule has 5 aliphatic rings. The molecule has 5 rings (SSSR count). The van der Waals surface area contributed by atoms with Crippen LogP contribution in [0, 0.1) is 10.8 Å². The van der Waals surface area contributed by atoms with E-state index in [0.717, 1.165) is 9.80 Å². The standard InChI is InChI=1S/C17H22N8O6/c18-14-21-13-7(5-23-9(26)1-2-10(23)27)20-15(19)24-6-8(17(30,31)16(13,24)22-14)25-11(28)3-4-12(25)29/h7-8,13,30-31H,1-6H2,(H2,19,20)(H3,18,21,22)/t7?,8-,13?,16?/m0/s1. The zero-order valence-corrected chi connectivity index (χ0v) is 16.3.